The highest BCUT2D eigenvalue weighted by Crippen LogP contribution is 2.43. The summed E-state index contributed by atoms with van der Waals surface area (Å²) in [6.45, 7) is 4.64. The number of aliphatic hydroxyl groups excluding tert-OH is 1. The fourth-order valence-electron chi connectivity index (χ4n) is 7.99. The quantitative estimate of drug-likeness (QED) is 0.0197. The highest BCUT2D eigenvalue weighted by molar-refractivity contribution is 7.47. The van der Waals surface area contributed by atoms with E-state index in [0.717, 1.165) is 96.3 Å². The Morgan fingerprint density at radius 3 is 1.01 bits per heavy atom. The SMILES string of the molecule is CCCCCCCC/C=C\CCCCCCCC(=O)OCC(COP(=O)(O)OCC(CO)OC(=O)CCCCCCCCCCCCC)OC(=O)CCCCCCC/C=C\CCCCCCCC. The van der Waals surface area contributed by atoms with Gasteiger partial charge in [0.25, 0.3) is 0 Å². The molecule has 0 fully saturated rings. The third kappa shape index (κ3) is 49.0. The van der Waals surface area contributed by atoms with Crippen molar-refractivity contribution in [1.29, 1.82) is 0 Å². The molecule has 11 nitrogen and oxygen atoms in total. The summed E-state index contributed by atoms with van der Waals surface area (Å²) >= 11 is 0. The molecule has 0 saturated carbocycles. The molecule has 0 aromatic rings. The van der Waals surface area contributed by atoms with Crippen LogP contribution in [0.25, 0.3) is 0 Å². The van der Waals surface area contributed by atoms with Crippen LogP contribution in [0.4, 0.5) is 0 Å². The molecule has 0 radical (unpaired) electrons. The molecule has 0 rings (SSSR count). The lowest BCUT2D eigenvalue weighted by molar-refractivity contribution is -0.161. The fourth-order valence-corrected chi connectivity index (χ4v) is 8.78. The van der Waals surface area contributed by atoms with Gasteiger partial charge in [-0.25, -0.2) is 4.57 Å². The number of phosphoric acid groups is 1. The molecule has 0 aromatic heterocycles. The van der Waals surface area contributed by atoms with E-state index in [1.54, 1.807) is 0 Å². The van der Waals surface area contributed by atoms with Gasteiger partial charge >= 0.3 is 25.7 Å². The van der Waals surface area contributed by atoms with Crippen LogP contribution in [0.2, 0.25) is 0 Å². The molecule has 400 valence electrons. The van der Waals surface area contributed by atoms with E-state index in [4.69, 9.17) is 23.3 Å². The molecule has 68 heavy (non-hydrogen) atoms. The van der Waals surface area contributed by atoms with Crippen molar-refractivity contribution in [3.05, 3.63) is 24.3 Å². The Bertz CT molecular complexity index is 1240. The number of carbonyl (C=O) groups is 3. The van der Waals surface area contributed by atoms with Crippen molar-refractivity contribution in [3.63, 3.8) is 0 Å². The highest BCUT2D eigenvalue weighted by atomic mass is 31.2. The predicted molar refractivity (Wildman–Crippen MR) is 280 cm³/mol. The van der Waals surface area contributed by atoms with Gasteiger partial charge in [0.1, 0.15) is 12.7 Å². The molecule has 0 spiro atoms. The summed E-state index contributed by atoms with van der Waals surface area (Å²) in [7, 11) is -4.74. The minimum atomic E-state index is -4.74. The molecule has 2 N–H and O–H groups in total. The molecule has 12 heteroatoms. The number of allylic oxidation sites excluding steroid dienone is 4. The largest absolute Gasteiger partial charge is 0.472 e. The summed E-state index contributed by atoms with van der Waals surface area (Å²) in [6, 6.07) is 0. The predicted octanol–water partition coefficient (Wildman–Crippen LogP) is 16.3. The van der Waals surface area contributed by atoms with Gasteiger partial charge < -0.3 is 24.2 Å². The summed E-state index contributed by atoms with van der Waals surface area (Å²) in [5.74, 6) is -1.47. The molecule has 0 amide bonds. The number of rotatable bonds is 53. The minimum absolute atomic E-state index is 0.160. The van der Waals surface area contributed by atoms with Crippen LogP contribution in [-0.2, 0) is 42.2 Å². The van der Waals surface area contributed by atoms with Gasteiger partial charge in [0, 0.05) is 19.3 Å². The number of esters is 3. The third-order valence-corrected chi connectivity index (χ3v) is 13.3. The van der Waals surface area contributed by atoms with Crippen LogP contribution in [-0.4, -0.2) is 66.5 Å². The van der Waals surface area contributed by atoms with E-state index < -0.39 is 57.8 Å². The van der Waals surface area contributed by atoms with Gasteiger partial charge in [0.05, 0.1) is 19.8 Å². The monoisotopic (exact) mass is 985 g/mol. The Morgan fingerprint density at radius 1 is 0.397 bits per heavy atom. The minimum Gasteiger partial charge on any atom is -0.462 e. The lowest BCUT2D eigenvalue weighted by Crippen LogP contribution is -2.30. The molecule has 0 saturated heterocycles. The number of carbonyl (C=O) groups excluding carboxylic acids is 3. The molecule has 0 aliphatic rings. The Hall–Kier alpha value is -2.04. The number of hydrogen-bond acceptors (Lipinski definition) is 10. The van der Waals surface area contributed by atoms with Crippen LogP contribution in [0.5, 0.6) is 0 Å². The molecular weight excluding hydrogens is 880 g/mol. The third-order valence-electron chi connectivity index (χ3n) is 12.3. The maximum absolute atomic E-state index is 12.9. The van der Waals surface area contributed by atoms with Crippen molar-refractivity contribution in [3.8, 4) is 0 Å². The second-order valence-corrected chi connectivity index (χ2v) is 20.6. The Labute approximate surface area is 417 Å². The number of phosphoric ester groups is 1. The van der Waals surface area contributed by atoms with Crippen LogP contribution in [0.3, 0.4) is 0 Å². The zero-order chi connectivity index (χ0) is 49.9. The normalized spacial score (nSPS) is 13.5. The van der Waals surface area contributed by atoms with E-state index >= 15 is 0 Å². The second-order valence-electron chi connectivity index (χ2n) is 19.1. The van der Waals surface area contributed by atoms with Crippen molar-refractivity contribution in [2.45, 2.75) is 290 Å². The molecule has 3 atom stereocenters. The average molecular weight is 985 g/mol. The van der Waals surface area contributed by atoms with Crippen LogP contribution in [0.15, 0.2) is 24.3 Å². The van der Waals surface area contributed by atoms with Crippen LogP contribution in [0.1, 0.15) is 278 Å². The zero-order valence-corrected chi connectivity index (χ0v) is 45.0. The van der Waals surface area contributed by atoms with Gasteiger partial charge in [0.15, 0.2) is 6.10 Å². The molecule has 0 heterocycles. The van der Waals surface area contributed by atoms with Crippen molar-refractivity contribution >= 4 is 25.7 Å². The summed E-state index contributed by atoms with van der Waals surface area (Å²) in [4.78, 5) is 48.4. The first-order valence-corrected chi connectivity index (χ1v) is 29.7. The average Bonchev–Trinajstić information content (AvgIpc) is 3.32. The first-order chi connectivity index (χ1) is 33.2. The van der Waals surface area contributed by atoms with E-state index in [-0.39, 0.29) is 25.9 Å². The number of unbranched alkanes of at least 4 members (excludes halogenated alkanes) is 32. The fraction of sp³-hybridized carbons (Fsp3) is 0.875. The van der Waals surface area contributed by atoms with Gasteiger partial charge in [-0.15, -0.1) is 0 Å². The summed E-state index contributed by atoms with van der Waals surface area (Å²) in [6.07, 6.45) is 49.9. The molecule has 0 aliphatic carbocycles. The first-order valence-electron chi connectivity index (χ1n) is 28.2. The Kier molecular flexibility index (Phi) is 49.8. The van der Waals surface area contributed by atoms with Gasteiger partial charge in [-0.3, -0.25) is 23.4 Å². The number of ether oxygens (including phenoxy) is 3. The lowest BCUT2D eigenvalue weighted by Gasteiger charge is -2.21. The first kappa shape index (κ1) is 66.0. The van der Waals surface area contributed by atoms with Crippen molar-refractivity contribution < 1.29 is 52.2 Å². The molecule has 0 bridgehead atoms. The topological polar surface area (TPSA) is 155 Å². The Balaban J connectivity index is 4.73. The number of hydrogen-bond donors (Lipinski definition) is 2. The summed E-state index contributed by atoms with van der Waals surface area (Å²) < 4.78 is 39.4. The van der Waals surface area contributed by atoms with Crippen LogP contribution < -0.4 is 0 Å². The van der Waals surface area contributed by atoms with E-state index in [9.17, 15) is 28.9 Å². The maximum atomic E-state index is 12.9. The van der Waals surface area contributed by atoms with E-state index in [1.807, 2.05) is 0 Å². The van der Waals surface area contributed by atoms with Gasteiger partial charge in [-0.2, -0.15) is 0 Å². The number of aliphatic hydroxyl groups is 1. The lowest BCUT2D eigenvalue weighted by atomic mass is 10.1. The maximum Gasteiger partial charge on any atom is 0.472 e. The van der Waals surface area contributed by atoms with E-state index in [0.29, 0.717) is 19.3 Å². The second kappa shape index (κ2) is 51.3. The van der Waals surface area contributed by atoms with Crippen LogP contribution >= 0.6 is 7.82 Å². The smallest absolute Gasteiger partial charge is 0.462 e. The van der Waals surface area contributed by atoms with Gasteiger partial charge in [0.2, 0.25) is 0 Å². The molecule has 3 unspecified atom stereocenters. The van der Waals surface area contributed by atoms with Crippen molar-refractivity contribution in [2.75, 3.05) is 26.4 Å². The molecular formula is C56H105O11P. The van der Waals surface area contributed by atoms with E-state index in [1.165, 1.54) is 122 Å². The Morgan fingerprint density at radius 2 is 0.676 bits per heavy atom. The highest BCUT2D eigenvalue weighted by Gasteiger charge is 2.28. The summed E-state index contributed by atoms with van der Waals surface area (Å²) in [5.41, 5.74) is 0. The van der Waals surface area contributed by atoms with Crippen LogP contribution in [0, 0.1) is 0 Å². The summed E-state index contributed by atoms with van der Waals surface area (Å²) in [5, 5.41) is 9.78. The zero-order valence-electron chi connectivity index (χ0n) is 44.1. The molecule has 0 aliphatic heterocycles. The van der Waals surface area contributed by atoms with Crippen molar-refractivity contribution in [1.82, 2.24) is 0 Å². The van der Waals surface area contributed by atoms with Gasteiger partial charge in [-0.1, -0.05) is 212 Å². The standard InChI is InChI=1S/C56H105O11P/c1-4-7-10-13-16-19-22-24-26-28-31-33-36-39-42-45-54(58)63-49-53(67-56(60)47-44-41-38-35-32-29-27-25-23-20-17-14-11-8-5-2)51-65-68(61,62)64-50-52(48-57)66-55(59)46-43-40-37-34-30-21-18-15-12-9-6-3/h24-27,52-53,57H,4-23,28-51H2,1-3H3,(H,61,62)/b26-24-,27-25-. The van der Waals surface area contributed by atoms with Gasteiger partial charge in [-0.05, 0) is 70.6 Å². The molecule has 0 aromatic carbocycles. The van der Waals surface area contributed by atoms with Crippen molar-refractivity contribution in [2.24, 2.45) is 0 Å². The van der Waals surface area contributed by atoms with E-state index in [2.05, 4.69) is 45.1 Å².